The van der Waals surface area contributed by atoms with Gasteiger partial charge in [-0.1, -0.05) is 54.6 Å². The predicted molar refractivity (Wildman–Crippen MR) is 87.8 cm³/mol. The molecule has 3 nitrogen and oxygen atoms in total. The maximum Gasteiger partial charge on any atom is 0.282 e. The minimum absolute atomic E-state index is 0.227. The van der Waals surface area contributed by atoms with E-state index in [1.54, 1.807) is 30.3 Å². The summed E-state index contributed by atoms with van der Waals surface area (Å²) in [6, 6.07) is 20.3. The van der Waals surface area contributed by atoms with Crippen molar-refractivity contribution in [3.8, 4) is 0 Å². The normalized spacial score (nSPS) is 15.5. The average Bonchev–Trinajstić information content (AvgIpc) is 2.88. The molecule has 0 amide bonds. The van der Waals surface area contributed by atoms with Crippen LogP contribution in [0.2, 0.25) is 0 Å². The Kier molecular flexibility index (Phi) is 2.87. The molecule has 0 bridgehead atoms. The summed E-state index contributed by atoms with van der Waals surface area (Å²) in [5, 5.41) is 2.24. The molecule has 0 saturated heterocycles. The maximum atomic E-state index is 12.5. The average molecular weight is 307 g/mol. The molecular weight excluding hydrogens is 294 g/mol. The fraction of sp³-hybridized carbons (Fsp3) is 0.0556. The van der Waals surface area contributed by atoms with E-state index in [0.717, 1.165) is 21.9 Å². The summed E-state index contributed by atoms with van der Waals surface area (Å²) in [6.07, 6.45) is 0.558. The third-order valence-corrected chi connectivity index (χ3v) is 5.26. The Morgan fingerprint density at radius 1 is 0.818 bits per heavy atom. The summed E-state index contributed by atoms with van der Waals surface area (Å²) in [5.41, 5.74) is 2.68. The van der Waals surface area contributed by atoms with Crippen LogP contribution >= 0.6 is 0 Å². The summed E-state index contributed by atoms with van der Waals surface area (Å²) in [5.74, 6) is 0. The van der Waals surface area contributed by atoms with Gasteiger partial charge in [-0.05, 0) is 28.5 Å². The monoisotopic (exact) mass is 307 g/mol. The molecule has 0 aromatic heterocycles. The predicted octanol–water partition coefficient (Wildman–Crippen LogP) is 3.57. The third-order valence-electron chi connectivity index (χ3n) is 3.93. The third kappa shape index (κ3) is 2.04. The molecule has 0 heterocycles. The van der Waals surface area contributed by atoms with Gasteiger partial charge >= 0.3 is 0 Å². The Hall–Kier alpha value is -2.46. The van der Waals surface area contributed by atoms with Crippen molar-refractivity contribution in [2.75, 3.05) is 0 Å². The molecule has 22 heavy (non-hydrogen) atoms. The highest BCUT2D eigenvalue weighted by molar-refractivity contribution is 7.90. The molecular formula is C18H13NO2S. The number of rotatable bonds is 2. The van der Waals surface area contributed by atoms with Crippen molar-refractivity contribution in [1.29, 1.82) is 0 Å². The molecule has 0 unspecified atom stereocenters. The lowest BCUT2D eigenvalue weighted by molar-refractivity contribution is 0.598. The first-order valence-electron chi connectivity index (χ1n) is 7.05. The molecule has 0 atom stereocenters. The molecule has 4 rings (SSSR count). The molecule has 0 aliphatic heterocycles. The molecule has 3 aromatic carbocycles. The van der Waals surface area contributed by atoms with Gasteiger partial charge in [0.05, 0.1) is 10.6 Å². The SMILES string of the molecule is O=S(=O)(/N=C1\Cc2cccc3cccc1c23)c1ccccc1. The zero-order valence-corrected chi connectivity index (χ0v) is 12.5. The van der Waals surface area contributed by atoms with Gasteiger partial charge in [0, 0.05) is 12.0 Å². The highest BCUT2D eigenvalue weighted by Crippen LogP contribution is 2.31. The van der Waals surface area contributed by atoms with Crippen molar-refractivity contribution in [3.63, 3.8) is 0 Å². The van der Waals surface area contributed by atoms with Crippen LogP contribution in [0.25, 0.3) is 10.8 Å². The first-order valence-corrected chi connectivity index (χ1v) is 8.49. The van der Waals surface area contributed by atoms with Crippen LogP contribution in [-0.4, -0.2) is 14.1 Å². The molecule has 0 fully saturated rings. The minimum Gasteiger partial charge on any atom is -0.199 e. The smallest absolute Gasteiger partial charge is 0.199 e. The quantitative estimate of drug-likeness (QED) is 0.726. The molecule has 3 aromatic rings. The number of hydrogen-bond donors (Lipinski definition) is 0. The van der Waals surface area contributed by atoms with Crippen molar-refractivity contribution < 1.29 is 8.42 Å². The van der Waals surface area contributed by atoms with Gasteiger partial charge in [-0.15, -0.1) is 0 Å². The first-order chi connectivity index (χ1) is 10.6. The van der Waals surface area contributed by atoms with E-state index < -0.39 is 10.0 Å². The van der Waals surface area contributed by atoms with E-state index in [1.165, 1.54) is 0 Å². The number of hydrogen-bond acceptors (Lipinski definition) is 2. The fourth-order valence-corrected chi connectivity index (χ4v) is 4.01. The Bertz CT molecular complexity index is 1000. The summed E-state index contributed by atoms with van der Waals surface area (Å²) >= 11 is 0. The van der Waals surface area contributed by atoms with E-state index >= 15 is 0 Å². The second kappa shape index (κ2) is 4.78. The van der Waals surface area contributed by atoms with Gasteiger partial charge in [0.1, 0.15) is 0 Å². The minimum atomic E-state index is -3.67. The van der Waals surface area contributed by atoms with Crippen LogP contribution in [0.3, 0.4) is 0 Å². The maximum absolute atomic E-state index is 12.5. The molecule has 0 spiro atoms. The fourth-order valence-electron chi connectivity index (χ4n) is 2.95. The van der Waals surface area contributed by atoms with Crippen LogP contribution in [0, 0.1) is 0 Å². The van der Waals surface area contributed by atoms with E-state index in [1.807, 2.05) is 36.4 Å². The summed E-state index contributed by atoms with van der Waals surface area (Å²) in [7, 11) is -3.67. The van der Waals surface area contributed by atoms with Gasteiger partial charge in [-0.2, -0.15) is 12.8 Å². The van der Waals surface area contributed by atoms with Crippen molar-refractivity contribution in [2.24, 2.45) is 4.40 Å². The highest BCUT2D eigenvalue weighted by Gasteiger charge is 2.23. The van der Waals surface area contributed by atoms with Crippen LogP contribution in [0.5, 0.6) is 0 Å². The summed E-state index contributed by atoms with van der Waals surface area (Å²) in [6.45, 7) is 0. The lowest BCUT2D eigenvalue weighted by atomic mass is 10.1. The van der Waals surface area contributed by atoms with Gasteiger partial charge in [-0.25, -0.2) is 0 Å². The molecule has 0 radical (unpaired) electrons. The molecule has 1 aliphatic carbocycles. The van der Waals surface area contributed by atoms with E-state index in [4.69, 9.17) is 0 Å². The van der Waals surface area contributed by atoms with Gasteiger partial charge in [0.2, 0.25) is 0 Å². The lowest BCUT2D eigenvalue weighted by Gasteiger charge is -2.02. The largest absolute Gasteiger partial charge is 0.282 e. The van der Waals surface area contributed by atoms with Crippen LogP contribution in [-0.2, 0) is 16.4 Å². The number of benzene rings is 3. The Morgan fingerprint density at radius 3 is 2.32 bits per heavy atom. The topological polar surface area (TPSA) is 46.5 Å². The van der Waals surface area contributed by atoms with Crippen LogP contribution in [0.4, 0.5) is 0 Å². The van der Waals surface area contributed by atoms with E-state index in [2.05, 4.69) is 4.40 Å². The number of sulfonamides is 1. The van der Waals surface area contributed by atoms with Crippen LogP contribution in [0.1, 0.15) is 11.1 Å². The second-order valence-corrected chi connectivity index (χ2v) is 6.93. The Morgan fingerprint density at radius 2 is 1.55 bits per heavy atom. The Balaban J connectivity index is 1.89. The molecule has 1 aliphatic rings. The van der Waals surface area contributed by atoms with Gasteiger partial charge in [-0.3, -0.25) is 0 Å². The molecule has 4 heteroatoms. The van der Waals surface area contributed by atoms with E-state index in [0.29, 0.717) is 12.1 Å². The van der Waals surface area contributed by atoms with Crippen molar-refractivity contribution in [3.05, 3.63) is 77.9 Å². The van der Waals surface area contributed by atoms with Crippen molar-refractivity contribution in [1.82, 2.24) is 0 Å². The molecule has 108 valence electrons. The van der Waals surface area contributed by atoms with Gasteiger partial charge < -0.3 is 0 Å². The van der Waals surface area contributed by atoms with Crippen molar-refractivity contribution >= 4 is 26.5 Å². The second-order valence-electron chi connectivity index (χ2n) is 5.32. The molecule has 0 saturated carbocycles. The van der Waals surface area contributed by atoms with Gasteiger partial charge in [0.25, 0.3) is 10.0 Å². The van der Waals surface area contributed by atoms with Crippen LogP contribution in [0.15, 0.2) is 76.0 Å². The van der Waals surface area contributed by atoms with E-state index in [-0.39, 0.29) is 4.90 Å². The highest BCUT2D eigenvalue weighted by atomic mass is 32.2. The zero-order chi connectivity index (χ0) is 15.2. The zero-order valence-electron chi connectivity index (χ0n) is 11.7. The number of nitrogens with zero attached hydrogens (tertiary/aromatic N) is 1. The first kappa shape index (κ1) is 13.2. The molecule has 0 N–H and O–H groups in total. The van der Waals surface area contributed by atoms with Crippen LogP contribution < -0.4 is 0 Å². The lowest BCUT2D eigenvalue weighted by Crippen LogP contribution is -2.05. The van der Waals surface area contributed by atoms with E-state index in [9.17, 15) is 8.42 Å². The standard InChI is InChI=1S/C18H13NO2S/c20-22(21,15-9-2-1-3-10-15)19-17-12-14-8-4-6-13-7-5-11-16(17)18(13)14/h1-11H,12H2/b19-17+. The Labute approximate surface area is 129 Å². The van der Waals surface area contributed by atoms with Gasteiger partial charge in [0.15, 0.2) is 0 Å². The summed E-state index contributed by atoms with van der Waals surface area (Å²) < 4.78 is 29.0. The van der Waals surface area contributed by atoms with Crippen molar-refractivity contribution in [2.45, 2.75) is 11.3 Å². The summed E-state index contributed by atoms with van der Waals surface area (Å²) in [4.78, 5) is 0.227.